The number of hydrogen-bond donors (Lipinski definition) is 3. The smallest absolute Gasteiger partial charge is 0.358 e. The predicted octanol–water partition coefficient (Wildman–Crippen LogP) is -0.288. The molecular formula is C5H3F5N2O3. The number of halogens is 5. The molecule has 1 unspecified atom stereocenters. The SMILES string of the molecule is O=C1NC(=O)C(O)(C(F)(F)C(F)(F)F)N1. The first kappa shape index (κ1) is 11.6. The molecule has 3 N–H and O–H groups in total. The Hall–Kier alpha value is -1.45. The monoisotopic (exact) mass is 234 g/mol. The molecule has 0 aromatic heterocycles. The number of carbonyl (C=O) groups excluding carboxylic acids is 2. The average Bonchev–Trinajstić information content (AvgIpc) is 2.24. The van der Waals surface area contributed by atoms with Gasteiger partial charge in [0.25, 0.3) is 11.6 Å². The molecule has 1 saturated heterocycles. The fraction of sp³-hybridized carbons (Fsp3) is 0.600. The minimum atomic E-state index is -6.17. The standard InChI is InChI=1S/C5H3F5N2O3/c6-4(7,5(8,9)10)3(15)1(13)11-2(14)12-3/h15H,(H2,11,12,13,14). The van der Waals surface area contributed by atoms with E-state index < -0.39 is 29.8 Å². The molecule has 1 aliphatic heterocycles. The summed E-state index contributed by atoms with van der Waals surface area (Å²) in [5.74, 6) is -7.94. The third kappa shape index (κ3) is 1.40. The molecule has 0 saturated carbocycles. The molecule has 1 fully saturated rings. The van der Waals surface area contributed by atoms with Gasteiger partial charge in [0, 0.05) is 0 Å². The van der Waals surface area contributed by atoms with Crippen LogP contribution in [0.15, 0.2) is 0 Å². The Bertz CT molecular complexity index is 327. The lowest BCUT2D eigenvalue weighted by molar-refractivity contribution is -0.334. The third-order valence-corrected chi connectivity index (χ3v) is 1.66. The molecule has 1 atom stereocenters. The fourth-order valence-corrected chi connectivity index (χ4v) is 0.872. The first-order valence-corrected chi connectivity index (χ1v) is 3.33. The van der Waals surface area contributed by atoms with Crippen molar-refractivity contribution in [3.63, 3.8) is 0 Å². The van der Waals surface area contributed by atoms with Crippen molar-refractivity contribution in [1.29, 1.82) is 0 Å². The zero-order valence-electron chi connectivity index (χ0n) is 6.65. The number of nitrogens with one attached hydrogen (secondary N) is 2. The second-order valence-corrected chi connectivity index (χ2v) is 2.69. The summed E-state index contributed by atoms with van der Waals surface area (Å²) in [6.45, 7) is 0. The molecule has 0 aromatic rings. The van der Waals surface area contributed by atoms with Gasteiger partial charge in [-0.2, -0.15) is 22.0 Å². The van der Waals surface area contributed by atoms with Gasteiger partial charge >= 0.3 is 18.1 Å². The van der Waals surface area contributed by atoms with E-state index in [9.17, 15) is 31.5 Å². The summed E-state index contributed by atoms with van der Waals surface area (Å²) >= 11 is 0. The number of rotatable bonds is 1. The van der Waals surface area contributed by atoms with Gasteiger partial charge in [-0.25, -0.2) is 4.79 Å². The maximum Gasteiger partial charge on any atom is 0.459 e. The summed E-state index contributed by atoms with van der Waals surface area (Å²) in [5.41, 5.74) is -4.30. The van der Waals surface area contributed by atoms with E-state index >= 15 is 0 Å². The summed E-state index contributed by atoms with van der Waals surface area (Å²) in [6, 6.07) is -1.63. The Morgan fingerprint density at radius 2 is 1.60 bits per heavy atom. The Morgan fingerprint density at radius 1 is 1.13 bits per heavy atom. The summed E-state index contributed by atoms with van der Waals surface area (Å²) in [6.07, 6.45) is -6.17. The van der Waals surface area contributed by atoms with Crippen LogP contribution >= 0.6 is 0 Å². The second kappa shape index (κ2) is 2.78. The van der Waals surface area contributed by atoms with Gasteiger partial charge in [0.2, 0.25) is 0 Å². The van der Waals surface area contributed by atoms with Gasteiger partial charge in [0.05, 0.1) is 0 Å². The van der Waals surface area contributed by atoms with Crippen molar-refractivity contribution in [2.24, 2.45) is 0 Å². The van der Waals surface area contributed by atoms with Crippen molar-refractivity contribution in [3.8, 4) is 0 Å². The van der Waals surface area contributed by atoms with E-state index in [2.05, 4.69) is 0 Å². The molecule has 1 rings (SSSR count). The maximum absolute atomic E-state index is 12.6. The second-order valence-electron chi connectivity index (χ2n) is 2.69. The van der Waals surface area contributed by atoms with E-state index in [-0.39, 0.29) is 0 Å². The molecular weight excluding hydrogens is 231 g/mol. The highest BCUT2D eigenvalue weighted by molar-refractivity contribution is 6.06. The molecule has 0 radical (unpaired) electrons. The zero-order chi connectivity index (χ0) is 12.1. The van der Waals surface area contributed by atoms with E-state index in [1.807, 2.05) is 0 Å². The zero-order valence-corrected chi connectivity index (χ0v) is 6.65. The summed E-state index contributed by atoms with van der Waals surface area (Å²) in [5, 5.41) is 10.7. The lowest BCUT2D eigenvalue weighted by Gasteiger charge is -2.30. The highest BCUT2D eigenvalue weighted by Crippen LogP contribution is 2.43. The quantitative estimate of drug-likeness (QED) is 0.431. The molecule has 0 spiro atoms. The van der Waals surface area contributed by atoms with Gasteiger partial charge < -0.3 is 5.11 Å². The van der Waals surface area contributed by atoms with Crippen LogP contribution in [0, 0.1) is 0 Å². The number of carbonyl (C=O) groups is 2. The van der Waals surface area contributed by atoms with Crippen molar-refractivity contribution < 1.29 is 36.6 Å². The molecule has 0 aromatic carbocycles. The van der Waals surface area contributed by atoms with Gasteiger partial charge in [-0.1, -0.05) is 0 Å². The predicted molar refractivity (Wildman–Crippen MR) is 32.6 cm³/mol. The van der Waals surface area contributed by atoms with Crippen LogP contribution in [-0.2, 0) is 4.79 Å². The number of amides is 3. The maximum atomic E-state index is 12.6. The van der Waals surface area contributed by atoms with E-state index in [4.69, 9.17) is 5.11 Å². The van der Waals surface area contributed by atoms with Crippen LogP contribution in [0.4, 0.5) is 26.7 Å². The van der Waals surface area contributed by atoms with Crippen molar-refractivity contribution in [1.82, 2.24) is 10.6 Å². The van der Waals surface area contributed by atoms with Crippen LogP contribution in [0.25, 0.3) is 0 Å². The first-order chi connectivity index (χ1) is 6.52. The van der Waals surface area contributed by atoms with Crippen molar-refractivity contribution in [2.75, 3.05) is 0 Å². The summed E-state index contributed by atoms with van der Waals surface area (Å²) in [7, 11) is 0. The number of aliphatic hydroxyl groups is 1. The first-order valence-electron chi connectivity index (χ1n) is 3.33. The molecule has 10 heteroatoms. The van der Waals surface area contributed by atoms with Crippen LogP contribution < -0.4 is 10.6 Å². The fourth-order valence-electron chi connectivity index (χ4n) is 0.872. The Balaban J connectivity index is 3.16. The van der Waals surface area contributed by atoms with Crippen LogP contribution in [0.1, 0.15) is 0 Å². The molecule has 0 aliphatic carbocycles. The number of imide groups is 1. The highest BCUT2D eigenvalue weighted by atomic mass is 19.4. The number of alkyl halides is 5. The topological polar surface area (TPSA) is 78.4 Å². The molecule has 5 nitrogen and oxygen atoms in total. The van der Waals surface area contributed by atoms with Crippen molar-refractivity contribution >= 4 is 11.9 Å². The van der Waals surface area contributed by atoms with Gasteiger partial charge in [-0.15, -0.1) is 0 Å². The minimum absolute atomic E-state index is 0.813. The van der Waals surface area contributed by atoms with E-state index in [1.165, 1.54) is 0 Å². The molecule has 86 valence electrons. The number of urea groups is 1. The molecule has 15 heavy (non-hydrogen) atoms. The normalized spacial score (nSPS) is 27.6. The lowest BCUT2D eigenvalue weighted by atomic mass is 10.1. The van der Waals surface area contributed by atoms with Crippen LogP contribution in [0.3, 0.4) is 0 Å². The van der Waals surface area contributed by atoms with Gasteiger partial charge in [0.15, 0.2) is 0 Å². The van der Waals surface area contributed by atoms with Gasteiger partial charge in [-0.3, -0.25) is 15.4 Å². The largest absolute Gasteiger partial charge is 0.459 e. The Morgan fingerprint density at radius 3 is 1.87 bits per heavy atom. The Labute approximate surface area is 78.2 Å². The van der Waals surface area contributed by atoms with Crippen molar-refractivity contribution in [2.45, 2.75) is 17.8 Å². The average molecular weight is 234 g/mol. The summed E-state index contributed by atoms with van der Waals surface area (Å²) < 4.78 is 60.6. The van der Waals surface area contributed by atoms with E-state index in [0.29, 0.717) is 0 Å². The van der Waals surface area contributed by atoms with E-state index in [0.717, 1.165) is 10.6 Å². The van der Waals surface area contributed by atoms with E-state index in [1.54, 1.807) is 0 Å². The minimum Gasteiger partial charge on any atom is -0.358 e. The third-order valence-electron chi connectivity index (χ3n) is 1.66. The van der Waals surface area contributed by atoms with Gasteiger partial charge in [-0.05, 0) is 0 Å². The Kier molecular flexibility index (Phi) is 2.15. The lowest BCUT2D eigenvalue weighted by Crippen LogP contribution is -2.66. The van der Waals surface area contributed by atoms with Crippen LogP contribution in [0.5, 0.6) is 0 Å². The molecule has 1 aliphatic rings. The summed E-state index contributed by atoms with van der Waals surface area (Å²) in [4.78, 5) is 20.9. The molecule has 1 heterocycles. The van der Waals surface area contributed by atoms with Crippen LogP contribution in [-0.4, -0.2) is 34.9 Å². The van der Waals surface area contributed by atoms with Crippen LogP contribution in [0.2, 0.25) is 0 Å². The van der Waals surface area contributed by atoms with Crippen molar-refractivity contribution in [3.05, 3.63) is 0 Å². The van der Waals surface area contributed by atoms with Gasteiger partial charge in [0.1, 0.15) is 0 Å². The molecule has 3 amide bonds. The number of hydrogen-bond acceptors (Lipinski definition) is 3. The molecule has 0 bridgehead atoms. The highest BCUT2D eigenvalue weighted by Gasteiger charge is 2.76.